The van der Waals surface area contributed by atoms with Gasteiger partial charge in [-0.05, 0) is 44.9 Å². The third kappa shape index (κ3) is 53.2. The summed E-state index contributed by atoms with van der Waals surface area (Å²) in [5, 5.41) is 8.82. The Kier molecular flexibility index (Phi) is 52.4. The molecule has 0 amide bonds. The first-order valence-corrected chi connectivity index (χ1v) is 26.7. The average Bonchev–Trinajstić information content (AvgIpc) is 3.22. The van der Waals surface area contributed by atoms with Crippen LogP contribution in [0, 0.1) is 0 Å². The molecule has 340 valence electrons. The van der Waals surface area contributed by atoms with E-state index in [0.29, 0.717) is 19.6 Å². The molecule has 57 heavy (non-hydrogen) atoms. The van der Waals surface area contributed by atoms with E-state index in [1.807, 2.05) is 0 Å². The predicted molar refractivity (Wildman–Crippen MR) is 254 cm³/mol. The molecule has 3 heteroatoms. The number of aliphatic hydroxyl groups excluding tert-OH is 1. The third-order valence-electron chi connectivity index (χ3n) is 12.5. The van der Waals surface area contributed by atoms with Crippen LogP contribution >= 0.6 is 0 Å². The van der Waals surface area contributed by atoms with E-state index in [9.17, 15) is 4.79 Å². The van der Waals surface area contributed by atoms with Crippen molar-refractivity contribution in [2.45, 2.75) is 315 Å². The van der Waals surface area contributed by atoms with Crippen LogP contribution < -0.4 is 0 Å². The fraction of sp³-hybridized carbons (Fsp3) is 0.944. The van der Waals surface area contributed by atoms with Gasteiger partial charge in [-0.1, -0.05) is 276 Å². The van der Waals surface area contributed by atoms with Crippen LogP contribution in [-0.2, 0) is 9.53 Å². The summed E-state index contributed by atoms with van der Waals surface area (Å²) < 4.78 is 5.50. The van der Waals surface area contributed by atoms with Crippen molar-refractivity contribution in [1.82, 2.24) is 0 Å². The molecule has 0 saturated heterocycles. The number of allylic oxidation sites excluding steroid dienone is 2. The highest BCUT2D eigenvalue weighted by Gasteiger charge is 2.03. The molecule has 0 radical (unpaired) electrons. The summed E-state index contributed by atoms with van der Waals surface area (Å²) in [6.45, 7) is 3.29. The lowest BCUT2D eigenvalue weighted by Gasteiger charge is -2.06. The molecular weight excluding hydrogens is 697 g/mol. The summed E-state index contributed by atoms with van der Waals surface area (Å²) in [7, 11) is 0. The third-order valence-corrected chi connectivity index (χ3v) is 12.5. The minimum absolute atomic E-state index is 0.0274. The van der Waals surface area contributed by atoms with Crippen LogP contribution in [0.5, 0.6) is 0 Å². The van der Waals surface area contributed by atoms with Crippen LogP contribution in [0.1, 0.15) is 315 Å². The number of rotatable bonds is 51. The van der Waals surface area contributed by atoms with Crippen molar-refractivity contribution in [1.29, 1.82) is 0 Å². The quantitative estimate of drug-likeness (QED) is 0.0379. The topological polar surface area (TPSA) is 46.5 Å². The zero-order valence-electron chi connectivity index (χ0n) is 39.3. The van der Waals surface area contributed by atoms with Crippen molar-refractivity contribution in [2.24, 2.45) is 0 Å². The molecule has 0 heterocycles. The number of unbranched alkanes of at least 4 members (excludes halogenated alkanes) is 44. The lowest BCUT2D eigenvalue weighted by Crippen LogP contribution is -2.05. The van der Waals surface area contributed by atoms with Gasteiger partial charge in [0.15, 0.2) is 0 Å². The Bertz CT molecular complexity index is 747. The van der Waals surface area contributed by atoms with Crippen LogP contribution in [-0.4, -0.2) is 24.3 Å². The number of hydrogen-bond donors (Lipinski definition) is 1. The minimum Gasteiger partial charge on any atom is -0.466 e. The first kappa shape index (κ1) is 56.2. The molecule has 0 saturated carbocycles. The Balaban J connectivity index is 3.16. The zero-order chi connectivity index (χ0) is 41.1. The Morgan fingerprint density at radius 3 is 0.877 bits per heavy atom. The van der Waals surface area contributed by atoms with Gasteiger partial charge in [-0.2, -0.15) is 0 Å². The molecule has 0 atom stereocenters. The molecule has 0 unspecified atom stereocenters. The number of carbonyl (C=O) groups excluding carboxylic acids is 1. The van der Waals surface area contributed by atoms with Crippen molar-refractivity contribution < 1.29 is 14.6 Å². The number of carbonyl (C=O) groups is 1. The van der Waals surface area contributed by atoms with Crippen LogP contribution in [0.4, 0.5) is 0 Å². The van der Waals surface area contributed by atoms with Gasteiger partial charge in [0.2, 0.25) is 0 Å². The molecule has 0 aliphatic heterocycles. The SMILES string of the molecule is CCCCCCCCC=CCCCCCCCCCCCCCC(=O)OCCCCCCCCCCCCCCCCCCCCCCCCCCCCCCO. The number of aliphatic hydroxyl groups is 1. The first-order valence-electron chi connectivity index (χ1n) is 26.7. The maximum absolute atomic E-state index is 12.1. The van der Waals surface area contributed by atoms with Gasteiger partial charge in [0.05, 0.1) is 6.61 Å². The standard InChI is InChI=1S/C54H106O3/c1-2-3-4-5-6-7-8-9-10-11-12-21-24-27-30-33-36-39-42-45-48-51-54(56)57-53-50-47-44-41-38-35-32-29-26-23-20-18-16-14-13-15-17-19-22-25-28-31-34-37-40-43-46-49-52-55/h9-10,55H,2-8,11-53H2,1H3. The Morgan fingerprint density at radius 2 is 0.579 bits per heavy atom. The monoisotopic (exact) mass is 803 g/mol. The molecule has 0 aliphatic rings. The van der Waals surface area contributed by atoms with Crippen molar-refractivity contribution in [3.8, 4) is 0 Å². The number of ether oxygens (including phenoxy) is 1. The van der Waals surface area contributed by atoms with Crippen LogP contribution in [0.25, 0.3) is 0 Å². The Morgan fingerprint density at radius 1 is 0.333 bits per heavy atom. The van der Waals surface area contributed by atoms with Gasteiger partial charge in [-0.25, -0.2) is 0 Å². The van der Waals surface area contributed by atoms with E-state index in [1.54, 1.807) is 0 Å². The molecule has 0 bridgehead atoms. The van der Waals surface area contributed by atoms with E-state index in [1.165, 1.54) is 283 Å². The normalized spacial score (nSPS) is 11.7. The van der Waals surface area contributed by atoms with E-state index in [4.69, 9.17) is 9.84 Å². The lowest BCUT2D eigenvalue weighted by atomic mass is 10.0. The average molecular weight is 803 g/mol. The summed E-state index contributed by atoms with van der Waals surface area (Å²) in [6.07, 6.45) is 69.5. The van der Waals surface area contributed by atoms with Crippen molar-refractivity contribution in [3.63, 3.8) is 0 Å². The fourth-order valence-electron chi connectivity index (χ4n) is 8.47. The molecule has 0 fully saturated rings. The van der Waals surface area contributed by atoms with Gasteiger partial charge in [0.25, 0.3) is 0 Å². The molecule has 0 rings (SSSR count). The highest BCUT2D eigenvalue weighted by Crippen LogP contribution is 2.17. The van der Waals surface area contributed by atoms with Gasteiger partial charge in [-0.15, -0.1) is 0 Å². The van der Waals surface area contributed by atoms with Gasteiger partial charge in [-0.3, -0.25) is 4.79 Å². The molecule has 0 aromatic heterocycles. The summed E-state index contributed by atoms with van der Waals surface area (Å²) in [4.78, 5) is 12.1. The van der Waals surface area contributed by atoms with E-state index in [2.05, 4.69) is 19.1 Å². The van der Waals surface area contributed by atoms with E-state index in [0.717, 1.165) is 19.3 Å². The summed E-state index contributed by atoms with van der Waals surface area (Å²) in [5.74, 6) is 0.0274. The van der Waals surface area contributed by atoms with Crippen LogP contribution in [0.3, 0.4) is 0 Å². The summed E-state index contributed by atoms with van der Waals surface area (Å²) >= 11 is 0. The van der Waals surface area contributed by atoms with Crippen molar-refractivity contribution in [3.05, 3.63) is 12.2 Å². The number of hydrogen-bond acceptors (Lipinski definition) is 3. The molecule has 0 aromatic carbocycles. The summed E-state index contributed by atoms with van der Waals surface area (Å²) in [6, 6.07) is 0. The Labute approximate surface area is 359 Å². The minimum atomic E-state index is 0.0274. The zero-order valence-corrected chi connectivity index (χ0v) is 39.3. The molecule has 0 aromatic rings. The fourth-order valence-corrected chi connectivity index (χ4v) is 8.47. The van der Waals surface area contributed by atoms with Crippen molar-refractivity contribution >= 4 is 5.97 Å². The molecule has 3 nitrogen and oxygen atoms in total. The Hall–Kier alpha value is -0.830. The highest BCUT2D eigenvalue weighted by atomic mass is 16.5. The maximum atomic E-state index is 12.1. The molecule has 0 aliphatic carbocycles. The predicted octanol–water partition coefficient (Wildman–Crippen LogP) is 18.8. The largest absolute Gasteiger partial charge is 0.466 e. The van der Waals surface area contributed by atoms with Crippen molar-refractivity contribution in [2.75, 3.05) is 13.2 Å². The molecule has 0 spiro atoms. The van der Waals surface area contributed by atoms with Gasteiger partial charge in [0, 0.05) is 13.0 Å². The first-order chi connectivity index (χ1) is 28.3. The highest BCUT2D eigenvalue weighted by molar-refractivity contribution is 5.69. The molecular formula is C54H106O3. The smallest absolute Gasteiger partial charge is 0.305 e. The van der Waals surface area contributed by atoms with Crippen LogP contribution in [0.15, 0.2) is 12.2 Å². The van der Waals surface area contributed by atoms with E-state index in [-0.39, 0.29) is 5.97 Å². The second-order valence-electron chi connectivity index (χ2n) is 18.3. The van der Waals surface area contributed by atoms with Crippen LogP contribution in [0.2, 0.25) is 0 Å². The summed E-state index contributed by atoms with van der Waals surface area (Å²) in [5.41, 5.74) is 0. The van der Waals surface area contributed by atoms with Gasteiger partial charge < -0.3 is 9.84 Å². The number of esters is 1. The molecule has 1 N–H and O–H groups in total. The van der Waals surface area contributed by atoms with E-state index >= 15 is 0 Å². The van der Waals surface area contributed by atoms with Gasteiger partial charge in [0.1, 0.15) is 0 Å². The second-order valence-corrected chi connectivity index (χ2v) is 18.3. The second kappa shape index (κ2) is 53.2. The lowest BCUT2D eigenvalue weighted by molar-refractivity contribution is -0.143. The van der Waals surface area contributed by atoms with Gasteiger partial charge >= 0.3 is 5.97 Å². The maximum Gasteiger partial charge on any atom is 0.305 e. The van der Waals surface area contributed by atoms with E-state index < -0.39 is 0 Å².